The number of carbonyl (C=O) groups excluding carboxylic acids is 1. The predicted molar refractivity (Wildman–Crippen MR) is 74.8 cm³/mol. The third-order valence-electron chi connectivity index (χ3n) is 2.26. The molecule has 18 heavy (non-hydrogen) atoms. The van der Waals surface area contributed by atoms with Crippen LogP contribution in [0.3, 0.4) is 0 Å². The molecule has 0 atom stereocenters. The number of hydrogen-bond donors (Lipinski definition) is 1. The molecule has 0 aliphatic heterocycles. The van der Waals surface area contributed by atoms with Crippen molar-refractivity contribution in [2.45, 2.75) is 25.1 Å². The third kappa shape index (κ3) is 2.82. The molecular weight excluding hydrogens is 268 g/mol. The van der Waals surface area contributed by atoms with E-state index in [0.29, 0.717) is 5.75 Å². The number of nitrogens with two attached hydrogens (primary N) is 1. The summed E-state index contributed by atoms with van der Waals surface area (Å²) < 4.78 is 7.09. The molecule has 2 N–H and O–H groups in total. The second-order valence-corrected chi connectivity index (χ2v) is 6.78. The van der Waals surface area contributed by atoms with Crippen molar-refractivity contribution >= 4 is 39.5 Å². The number of benzene rings is 1. The number of nitrogens with zero attached hydrogens (tertiary/aromatic N) is 1. The van der Waals surface area contributed by atoms with Crippen molar-refractivity contribution in [3.63, 3.8) is 0 Å². The largest absolute Gasteiger partial charge is 0.426 e. The molecule has 0 amide bonds. The number of ether oxygens (including phenoxy) is 1. The summed E-state index contributed by atoms with van der Waals surface area (Å²) in [6, 6.07) is 5.39. The van der Waals surface area contributed by atoms with E-state index in [9.17, 15) is 4.79 Å². The Kier molecular flexibility index (Phi) is 3.61. The molecular formula is C12H14N2O2S2. The molecule has 6 heteroatoms. The van der Waals surface area contributed by atoms with Crippen molar-refractivity contribution < 1.29 is 9.53 Å². The summed E-state index contributed by atoms with van der Waals surface area (Å²) in [6.45, 7) is 5.47. The van der Waals surface area contributed by atoms with E-state index in [1.807, 2.05) is 32.9 Å². The Morgan fingerprint density at radius 1 is 1.44 bits per heavy atom. The first-order valence-electron chi connectivity index (χ1n) is 5.40. The molecule has 2 aromatic rings. The average molecular weight is 282 g/mol. The lowest BCUT2D eigenvalue weighted by molar-refractivity contribution is -0.142. The molecule has 0 aliphatic rings. The van der Waals surface area contributed by atoms with Crippen molar-refractivity contribution in [2.75, 3.05) is 0 Å². The number of rotatable bonds is 2. The van der Waals surface area contributed by atoms with Gasteiger partial charge >= 0.3 is 5.97 Å². The van der Waals surface area contributed by atoms with Gasteiger partial charge < -0.3 is 4.74 Å². The topological polar surface area (TPSA) is 65.2 Å². The Hall–Kier alpha value is -1.11. The van der Waals surface area contributed by atoms with Crippen LogP contribution in [-0.2, 0) is 4.79 Å². The molecule has 0 fully saturated rings. The van der Waals surface area contributed by atoms with Crippen molar-refractivity contribution in [3.8, 4) is 5.75 Å². The summed E-state index contributed by atoms with van der Waals surface area (Å²) in [6.07, 6.45) is 0. The highest BCUT2D eigenvalue weighted by Crippen LogP contribution is 2.30. The Morgan fingerprint density at radius 3 is 2.78 bits per heavy atom. The number of fused-ring (bicyclic) bond motifs is 1. The molecule has 1 aromatic carbocycles. The first-order chi connectivity index (χ1) is 8.40. The van der Waals surface area contributed by atoms with Crippen molar-refractivity contribution in [1.82, 2.24) is 4.98 Å². The Balaban J connectivity index is 2.27. The van der Waals surface area contributed by atoms with Crippen LogP contribution in [0.4, 0.5) is 0 Å². The number of carbonyl (C=O) groups is 1. The second-order valence-electron chi connectivity index (χ2n) is 4.87. The summed E-state index contributed by atoms with van der Waals surface area (Å²) in [5, 5.41) is 5.47. The summed E-state index contributed by atoms with van der Waals surface area (Å²) in [4.78, 5) is 16.1. The quantitative estimate of drug-likeness (QED) is 0.520. The van der Waals surface area contributed by atoms with E-state index in [-0.39, 0.29) is 5.97 Å². The summed E-state index contributed by atoms with van der Waals surface area (Å²) >= 11 is 2.60. The first-order valence-corrected chi connectivity index (χ1v) is 7.09. The minimum Gasteiger partial charge on any atom is -0.426 e. The van der Waals surface area contributed by atoms with E-state index in [2.05, 4.69) is 4.98 Å². The number of aromatic nitrogens is 1. The lowest BCUT2D eigenvalue weighted by Crippen LogP contribution is -2.25. The normalized spacial score (nSPS) is 11.8. The molecule has 0 radical (unpaired) electrons. The molecule has 0 bridgehead atoms. The van der Waals surface area contributed by atoms with E-state index in [4.69, 9.17) is 9.88 Å². The van der Waals surface area contributed by atoms with Gasteiger partial charge in [-0.3, -0.25) is 9.93 Å². The monoisotopic (exact) mass is 282 g/mol. The smallest absolute Gasteiger partial charge is 0.316 e. The molecule has 1 heterocycles. The van der Waals surface area contributed by atoms with Crippen LogP contribution in [0.2, 0.25) is 0 Å². The predicted octanol–water partition coefficient (Wildman–Crippen LogP) is 3.21. The average Bonchev–Trinajstić information content (AvgIpc) is 2.69. The number of thiazole rings is 1. The molecule has 0 saturated heterocycles. The Morgan fingerprint density at radius 2 is 2.17 bits per heavy atom. The van der Waals surface area contributed by atoms with Crippen LogP contribution in [-0.4, -0.2) is 11.0 Å². The van der Waals surface area contributed by atoms with Crippen LogP contribution in [0.5, 0.6) is 5.75 Å². The maximum Gasteiger partial charge on any atom is 0.316 e. The van der Waals surface area contributed by atoms with E-state index in [1.165, 1.54) is 11.3 Å². The number of esters is 1. The van der Waals surface area contributed by atoms with Gasteiger partial charge in [-0.2, -0.15) is 0 Å². The van der Waals surface area contributed by atoms with Gasteiger partial charge in [-0.15, -0.1) is 11.3 Å². The molecule has 96 valence electrons. The third-order valence-corrected chi connectivity index (χ3v) is 3.91. The molecule has 0 saturated carbocycles. The maximum absolute atomic E-state index is 11.8. The lowest BCUT2D eigenvalue weighted by Gasteiger charge is -2.16. The summed E-state index contributed by atoms with van der Waals surface area (Å²) in [5.74, 6) is 0.291. The lowest BCUT2D eigenvalue weighted by atomic mass is 9.97. The van der Waals surface area contributed by atoms with Gasteiger partial charge in [0.05, 0.1) is 15.6 Å². The zero-order valence-corrected chi connectivity index (χ0v) is 12.0. The highest BCUT2D eigenvalue weighted by Gasteiger charge is 2.23. The number of hydrogen-bond acceptors (Lipinski definition) is 6. The van der Waals surface area contributed by atoms with Gasteiger partial charge in [-0.25, -0.2) is 4.98 Å². The first kappa shape index (κ1) is 13.3. The van der Waals surface area contributed by atoms with Crippen LogP contribution in [0.1, 0.15) is 20.8 Å². The summed E-state index contributed by atoms with van der Waals surface area (Å²) in [7, 11) is 0. The fraction of sp³-hybridized carbons (Fsp3) is 0.333. The van der Waals surface area contributed by atoms with Crippen molar-refractivity contribution in [1.29, 1.82) is 0 Å². The van der Waals surface area contributed by atoms with Crippen LogP contribution >= 0.6 is 23.3 Å². The van der Waals surface area contributed by atoms with Gasteiger partial charge in [0.25, 0.3) is 0 Å². The van der Waals surface area contributed by atoms with Crippen LogP contribution in [0, 0.1) is 5.41 Å². The molecule has 0 spiro atoms. The fourth-order valence-corrected chi connectivity index (χ4v) is 2.60. The Labute approximate surface area is 114 Å². The minimum atomic E-state index is -0.513. The SMILES string of the molecule is CC(C)(C)C(=O)Oc1ccc2nc(SN)sc2c1. The van der Waals surface area contributed by atoms with Crippen LogP contribution in [0.25, 0.3) is 10.2 Å². The van der Waals surface area contributed by atoms with E-state index >= 15 is 0 Å². The van der Waals surface area contributed by atoms with E-state index < -0.39 is 5.41 Å². The fourth-order valence-electron chi connectivity index (χ4n) is 1.26. The van der Waals surface area contributed by atoms with E-state index in [0.717, 1.165) is 26.5 Å². The molecule has 4 nitrogen and oxygen atoms in total. The van der Waals surface area contributed by atoms with Gasteiger partial charge in [0.1, 0.15) is 5.75 Å². The van der Waals surface area contributed by atoms with Crippen molar-refractivity contribution in [2.24, 2.45) is 10.6 Å². The van der Waals surface area contributed by atoms with Crippen molar-refractivity contribution in [3.05, 3.63) is 18.2 Å². The van der Waals surface area contributed by atoms with Gasteiger partial charge in [0.15, 0.2) is 4.34 Å². The highest BCUT2D eigenvalue weighted by atomic mass is 32.2. The summed E-state index contributed by atoms with van der Waals surface area (Å²) in [5.41, 5.74) is 0.351. The highest BCUT2D eigenvalue weighted by molar-refractivity contribution is 7.99. The van der Waals surface area contributed by atoms with E-state index in [1.54, 1.807) is 6.07 Å². The maximum atomic E-state index is 11.8. The molecule has 2 rings (SSSR count). The van der Waals surface area contributed by atoms with Gasteiger partial charge in [-0.1, -0.05) is 0 Å². The van der Waals surface area contributed by atoms with Gasteiger partial charge in [-0.05, 0) is 44.9 Å². The zero-order valence-electron chi connectivity index (χ0n) is 10.4. The zero-order chi connectivity index (χ0) is 13.3. The molecule has 1 aromatic heterocycles. The molecule has 0 unspecified atom stereocenters. The minimum absolute atomic E-state index is 0.250. The standard InChI is InChI=1S/C12H14N2O2S2/c1-12(2,3)10(15)16-7-4-5-8-9(6-7)17-11(14-8)18-13/h4-6H,13H2,1-3H3. The van der Waals surface area contributed by atoms with Gasteiger partial charge in [0.2, 0.25) is 0 Å². The van der Waals surface area contributed by atoms with Gasteiger partial charge in [0, 0.05) is 6.07 Å². The molecule has 0 aliphatic carbocycles. The van der Waals surface area contributed by atoms with Crippen LogP contribution in [0.15, 0.2) is 22.5 Å². The second kappa shape index (κ2) is 4.87. The Bertz CT molecular complexity index is 587. The van der Waals surface area contributed by atoms with Crippen LogP contribution < -0.4 is 9.88 Å².